The summed E-state index contributed by atoms with van der Waals surface area (Å²) in [5.41, 5.74) is 1.86. The number of likely N-dealkylation sites (tertiary alicyclic amines) is 1. The van der Waals surface area contributed by atoms with Crippen LogP contribution in [0, 0.1) is 19.8 Å². The van der Waals surface area contributed by atoms with Crippen molar-refractivity contribution >= 4 is 11.9 Å². The highest BCUT2D eigenvalue weighted by Gasteiger charge is 2.46. The molecule has 0 aromatic carbocycles. The van der Waals surface area contributed by atoms with E-state index in [4.69, 9.17) is 0 Å². The predicted molar refractivity (Wildman–Crippen MR) is 113 cm³/mol. The van der Waals surface area contributed by atoms with E-state index in [2.05, 4.69) is 30.5 Å². The molecular formula is C21H24F2N8O. The van der Waals surface area contributed by atoms with Gasteiger partial charge in [0.05, 0.1) is 25.0 Å². The van der Waals surface area contributed by atoms with Crippen LogP contribution in [-0.2, 0) is 0 Å². The van der Waals surface area contributed by atoms with Crippen LogP contribution in [0.2, 0.25) is 0 Å². The smallest absolute Gasteiger partial charge is 0.275 e. The van der Waals surface area contributed by atoms with E-state index in [1.54, 1.807) is 38.4 Å². The van der Waals surface area contributed by atoms with Gasteiger partial charge in [-0.3, -0.25) is 4.79 Å². The highest BCUT2D eigenvalue weighted by atomic mass is 19.3. The van der Waals surface area contributed by atoms with Crippen molar-refractivity contribution in [3.8, 4) is 5.69 Å². The number of piperidine rings is 1. The standard InChI is InChI=1S/C21H24F2N8O/c1-13-9-24-20(25-10-13)26-11-17-14(2)8-21(22,23)12-30(17)19(32)18-16(5-4-15(3)29-18)31-27-6-7-28-31/h4-7,9-10,14,17H,8,11-12H2,1-3H3,(H,24,25,26)/t14-,17?/m1/s1. The molecule has 0 bridgehead atoms. The fourth-order valence-electron chi connectivity index (χ4n) is 3.90. The molecule has 4 heterocycles. The summed E-state index contributed by atoms with van der Waals surface area (Å²) in [6.07, 6.45) is 5.96. The van der Waals surface area contributed by atoms with E-state index in [1.807, 2.05) is 6.92 Å². The summed E-state index contributed by atoms with van der Waals surface area (Å²) >= 11 is 0. The molecule has 32 heavy (non-hydrogen) atoms. The zero-order chi connectivity index (χ0) is 22.9. The lowest BCUT2D eigenvalue weighted by atomic mass is 9.88. The number of anilines is 1. The number of nitrogens with zero attached hydrogens (tertiary/aromatic N) is 7. The van der Waals surface area contributed by atoms with Crippen LogP contribution in [0.3, 0.4) is 0 Å². The van der Waals surface area contributed by atoms with E-state index < -0.39 is 30.3 Å². The summed E-state index contributed by atoms with van der Waals surface area (Å²) in [6.45, 7) is 4.86. The Morgan fingerprint density at radius 1 is 1.19 bits per heavy atom. The summed E-state index contributed by atoms with van der Waals surface area (Å²) in [7, 11) is 0. The van der Waals surface area contributed by atoms with Crippen molar-refractivity contribution in [3.05, 3.63) is 53.9 Å². The molecule has 0 radical (unpaired) electrons. The summed E-state index contributed by atoms with van der Waals surface area (Å²) in [5.74, 6) is -3.68. The van der Waals surface area contributed by atoms with Gasteiger partial charge in [-0.05, 0) is 37.5 Å². The number of halogens is 2. The quantitative estimate of drug-likeness (QED) is 0.648. The van der Waals surface area contributed by atoms with Gasteiger partial charge in [-0.15, -0.1) is 4.80 Å². The van der Waals surface area contributed by atoms with Crippen molar-refractivity contribution in [2.45, 2.75) is 39.2 Å². The maximum Gasteiger partial charge on any atom is 0.275 e. The van der Waals surface area contributed by atoms with E-state index in [9.17, 15) is 13.6 Å². The van der Waals surface area contributed by atoms with Crippen molar-refractivity contribution in [3.63, 3.8) is 0 Å². The molecule has 1 fully saturated rings. The SMILES string of the molecule is Cc1cnc(NCC2[C@H](C)CC(F)(F)CN2C(=O)c2nc(C)ccc2-n2nccn2)nc1. The molecule has 168 valence electrons. The minimum atomic E-state index is -3.00. The van der Waals surface area contributed by atoms with E-state index in [1.165, 1.54) is 22.1 Å². The number of hydrogen-bond donors (Lipinski definition) is 1. The van der Waals surface area contributed by atoms with Crippen LogP contribution in [0.4, 0.5) is 14.7 Å². The monoisotopic (exact) mass is 442 g/mol. The van der Waals surface area contributed by atoms with Gasteiger partial charge in [0.25, 0.3) is 11.8 Å². The van der Waals surface area contributed by atoms with Gasteiger partial charge in [0.15, 0.2) is 5.69 Å². The van der Waals surface area contributed by atoms with Crippen molar-refractivity contribution in [2.75, 3.05) is 18.4 Å². The van der Waals surface area contributed by atoms with Crippen molar-refractivity contribution in [1.82, 2.24) is 34.8 Å². The number of carbonyl (C=O) groups excluding carboxylic acids is 1. The van der Waals surface area contributed by atoms with Crippen LogP contribution in [0.1, 0.15) is 35.1 Å². The highest BCUT2D eigenvalue weighted by Crippen LogP contribution is 2.35. The minimum Gasteiger partial charge on any atom is -0.352 e. The van der Waals surface area contributed by atoms with Gasteiger partial charge in [0, 0.05) is 31.1 Å². The van der Waals surface area contributed by atoms with E-state index in [0.717, 1.165) is 5.56 Å². The Morgan fingerprint density at radius 2 is 1.88 bits per heavy atom. The van der Waals surface area contributed by atoms with Gasteiger partial charge in [-0.25, -0.2) is 23.7 Å². The zero-order valence-corrected chi connectivity index (χ0v) is 18.0. The Hall–Kier alpha value is -3.50. The fraction of sp³-hybridized carbons (Fsp3) is 0.429. The molecule has 3 aromatic heterocycles. The van der Waals surface area contributed by atoms with Crippen LogP contribution in [0.25, 0.3) is 5.69 Å². The molecule has 4 rings (SSSR count). The van der Waals surface area contributed by atoms with Crippen LogP contribution < -0.4 is 5.32 Å². The second-order valence-corrected chi connectivity index (χ2v) is 8.14. The topological polar surface area (TPSA) is 102 Å². The molecule has 2 atom stereocenters. The number of nitrogens with one attached hydrogen (secondary N) is 1. The lowest BCUT2D eigenvalue weighted by Crippen LogP contribution is -2.57. The van der Waals surface area contributed by atoms with Gasteiger partial charge in [-0.1, -0.05) is 6.92 Å². The van der Waals surface area contributed by atoms with E-state index in [-0.39, 0.29) is 18.7 Å². The van der Waals surface area contributed by atoms with Crippen LogP contribution in [0.15, 0.2) is 36.9 Å². The molecule has 11 heteroatoms. The normalized spacial score (nSPS) is 20.2. The van der Waals surface area contributed by atoms with E-state index >= 15 is 0 Å². The first-order valence-corrected chi connectivity index (χ1v) is 10.3. The molecule has 1 unspecified atom stereocenters. The summed E-state index contributed by atoms with van der Waals surface area (Å²) < 4.78 is 29.1. The number of aryl methyl sites for hydroxylation is 2. The van der Waals surface area contributed by atoms with Gasteiger partial charge < -0.3 is 10.2 Å². The van der Waals surface area contributed by atoms with Gasteiger partial charge in [-0.2, -0.15) is 10.2 Å². The number of carbonyl (C=O) groups is 1. The van der Waals surface area contributed by atoms with Gasteiger partial charge >= 0.3 is 0 Å². The largest absolute Gasteiger partial charge is 0.352 e. The zero-order valence-electron chi connectivity index (χ0n) is 18.0. The van der Waals surface area contributed by atoms with Crippen molar-refractivity contribution < 1.29 is 13.6 Å². The average Bonchev–Trinajstić information content (AvgIpc) is 3.27. The van der Waals surface area contributed by atoms with Crippen LogP contribution >= 0.6 is 0 Å². The molecule has 0 saturated carbocycles. The third-order valence-corrected chi connectivity index (χ3v) is 5.44. The molecule has 3 aromatic rings. The molecule has 1 aliphatic heterocycles. The number of alkyl halides is 2. The average molecular weight is 442 g/mol. The maximum absolute atomic E-state index is 14.5. The molecule has 0 spiro atoms. The first-order valence-electron chi connectivity index (χ1n) is 10.3. The number of amides is 1. The van der Waals surface area contributed by atoms with Crippen molar-refractivity contribution in [1.29, 1.82) is 0 Å². The third-order valence-electron chi connectivity index (χ3n) is 5.44. The van der Waals surface area contributed by atoms with Gasteiger partial charge in [0.1, 0.15) is 5.69 Å². The maximum atomic E-state index is 14.5. The number of rotatable bonds is 5. The predicted octanol–water partition coefficient (Wildman–Crippen LogP) is 2.67. The highest BCUT2D eigenvalue weighted by molar-refractivity contribution is 5.96. The van der Waals surface area contributed by atoms with Crippen LogP contribution in [0.5, 0.6) is 0 Å². The Balaban J connectivity index is 1.65. The Morgan fingerprint density at radius 3 is 2.56 bits per heavy atom. The molecule has 1 amide bonds. The van der Waals surface area contributed by atoms with E-state index in [0.29, 0.717) is 17.3 Å². The molecule has 0 aliphatic carbocycles. The Bertz CT molecular complexity index is 1090. The number of hydrogen-bond acceptors (Lipinski definition) is 7. The fourth-order valence-corrected chi connectivity index (χ4v) is 3.90. The van der Waals surface area contributed by atoms with Crippen LogP contribution in [-0.4, -0.2) is 65.8 Å². The molecule has 1 saturated heterocycles. The summed E-state index contributed by atoms with van der Waals surface area (Å²) in [5, 5.41) is 11.2. The number of pyridine rings is 1. The second-order valence-electron chi connectivity index (χ2n) is 8.14. The summed E-state index contributed by atoms with van der Waals surface area (Å²) in [4.78, 5) is 28.8. The first-order chi connectivity index (χ1) is 15.2. The Labute approximate surface area is 183 Å². The molecular weight excluding hydrogens is 418 g/mol. The summed E-state index contributed by atoms with van der Waals surface area (Å²) in [6, 6.07) is 2.87. The molecule has 1 aliphatic rings. The second kappa shape index (κ2) is 8.56. The Kier molecular flexibility index (Phi) is 5.81. The van der Waals surface area contributed by atoms with Gasteiger partial charge in [0.2, 0.25) is 5.95 Å². The molecule has 9 nitrogen and oxygen atoms in total. The lowest BCUT2D eigenvalue weighted by molar-refractivity contribution is -0.0899. The molecule has 1 N–H and O–H groups in total. The lowest BCUT2D eigenvalue weighted by Gasteiger charge is -2.43. The minimum absolute atomic E-state index is 0.0303. The first kappa shape index (κ1) is 21.7. The third kappa shape index (κ3) is 4.56. The van der Waals surface area contributed by atoms with Crippen molar-refractivity contribution in [2.24, 2.45) is 5.92 Å². The number of aromatic nitrogens is 6.